The van der Waals surface area contributed by atoms with Crippen LogP contribution in [-0.2, 0) is 18.6 Å². The Hall–Kier alpha value is -1.58. The van der Waals surface area contributed by atoms with Crippen LogP contribution in [0.15, 0.2) is 29.4 Å². The van der Waals surface area contributed by atoms with Gasteiger partial charge in [0.25, 0.3) is 0 Å². The van der Waals surface area contributed by atoms with E-state index in [1.807, 2.05) is 23.5 Å². The molecule has 29 heavy (non-hydrogen) atoms. The minimum absolute atomic E-state index is 0.140. The van der Waals surface area contributed by atoms with Crippen molar-refractivity contribution in [1.29, 1.82) is 0 Å². The number of thiophene rings is 1. The normalized spacial score (nSPS) is 22.2. The Kier molecular flexibility index (Phi) is 4.39. The summed E-state index contributed by atoms with van der Waals surface area (Å²) >= 11 is 9.68. The molecule has 4 heterocycles. The maximum Gasteiger partial charge on any atom is 0.249 e. The zero-order valence-corrected chi connectivity index (χ0v) is 18.4. The number of nitrogens with one attached hydrogen (secondary N) is 2. The second-order valence-corrected chi connectivity index (χ2v) is 10.4. The second kappa shape index (κ2) is 6.99. The molecule has 0 amide bonds. The van der Waals surface area contributed by atoms with Gasteiger partial charge in [0.1, 0.15) is 11.2 Å². The van der Waals surface area contributed by atoms with E-state index in [2.05, 4.69) is 49.6 Å². The molecule has 150 valence electrons. The van der Waals surface area contributed by atoms with Crippen molar-refractivity contribution in [3.05, 3.63) is 50.9 Å². The van der Waals surface area contributed by atoms with Gasteiger partial charge in [-0.1, -0.05) is 42.4 Å². The topological polar surface area (TPSA) is 58.0 Å². The number of anilines is 1. The Morgan fingerprint density at radius 2 is 2.14 bits per heavy atom. The lowest BCUT2D eigenvalue weighted by atomic mass is 9.87. The molecule has 1 unspecified atom stereocenters. The number of benzene rings is 1. The first-order chi connectivity index (χ1) is 14.2. The third-order valence-corrected chi connectivity index (χ3v) is 8.47. The highest BCUT2D eigenvalue weighted by Gasteiger charge is 2.42. The fourth-order valence-electron chi connectivity index (χ4n) is 4.46. The van der Waals surface area contributed by atoms with Crippen molar-refractivity contribution in [2.24, 2.45) is 5.92 Å². The smallest absolute Gasteiger partial charge is 0.249 e. The molecule has 1 aliphatic carbocycles. The van der Waals surface area contributed by atoms with Crippen molar-refractivity contribution >= 4 is 40.6 Å². The Balaban J connectivity index is 1.41. The van der Waals surface area contributed by atoms with E-state index >= 15 is 0 Å². The molecule has 3 aliphatic rings. The van der Waals surface area contributed by atoms with Gasteiger partial charge < -0.3 is 0 Å². The molecule has 3 aromatic rings. The van der Waals surface area contributed by atoms with Gasteiger partial charge in [0.15, 0.2) is 5.16 Å². The number of halogens is 1. The first-order valence-corrected chi connectivity index (χ1v) is 12.1. The van der Waals surface area contributed by atoms with Crippen LogP contribution in [0.3, 0.4) is 0 Å². The van der Waals surface area contributed by atoms with E-state index in [0.29, 0.717) is 0 Å². The summed E-state index contributed by atoms with van der Waals surface area (Å²) in [6, 6.07) is 8.02. The highest BCUT2D eigenvalue weighted by molar-refractivity contribution is 7.98. The first-order valence-electron chi connectivity index (χ1n) is 9.92. The Labute approximate surface area is 182 Å². The van der Waals surface area contributed by atoms with Gasteiger partial charge >= 0.3 is 0 Å². The number of thioether (sulfide) groups is 1. The van der Waals surface area contributed by atoms with Crippen LogP contribution in [0.5, 0.6) is 0 Å². The van der Waals surface area contributed by atoms with E-state index in [1.165, 1.54) is 33.8 Å². The predicted molar refractivity (Wildman–Crippen MR) is 118 cm³/mol. The Morgan fingerprint density at radius 1 is 1.28 bits per heavy atom. The van der Waals surface area contributed by atoms with Crippen LogP contribution >= 0.6 is 34.7 Å². The molecule has 2 aliphatic heterocycles. The first kappa shape index (κ1) is 18.2. The van der Waals surface area contributed by atoms with Gasteiger partial charge in [0.05, 0.1) is 6.67 Å². The van der Waals surface area contributed by atoms with Gasteiger partial charge in [-0.3, -0.25) is 10.3 Å². The molecule has 2 N–H and O–H groups in total. The van der Waals surface area contributed by atoms with Gasteiger partial charge in [-0.15, -0.1) is 21.5 Å². The number of hydrogen-bond donors (Lipinski definition) is 2. The average molecular weight is 445 g/mol. The molecule has 1 fully saturated rings. The van der Waals surface area contributed by atoms with Gasteiger partial charge in [-0.05, 0) is 48.4 Å². The van der Waals surface area contributed by atoms with Crippen LogP contribution in [0.4, 0.5) is 5.95 Å². The fraction of sp³-hybridized carbons (Fsp3) is 0.400. The summed E-state index contributed by atoms with van der Waals surface area (Å²) in [5, 5.41) is 17.8. The number of hydrazine groups is 1. The van der Waals surface area contributed by atoms with Gasteiger partial charge in [-0.25, -0.2) is 9.99 Å². The van der Waals surface area contributed by atoms with Crippen molar-refractivity contribution in [3.8, 4) is 5.00 Å². The summed E-state index contributed by atoms with van der Waals surface area (Å²) in [5.41, 5.74) is 7.63. The summed E-state index contributed by atoms with van der Waals surface area (Å²) in [7, 11) is 0. The van der Waals surface area contributed by atoms with Crippen molar-refractivity contribution in [2.75, 3.05) is 11.7 Å². The molecule has 2 aromatic heterocycles. The fourth-order valence-corrected chi connectivity index (χ4v) is 6.91. The molecular weight excluding hydrogens is 424 g/mol. The molecule has 6 rings (SSSR count). The van der Waals surface area contributed by atoms with Gasteiger partial charge in [-0.2, -0.15) is 0 Å². The van der Waals surface area contributed by atoms with Gasteiger partial charge in [0, 0.05) is 21.2 Å². The third kappa shape index (κ3) is 2.92. The largest absolute Gasteiger partial charge is 0.278 e. The number of nitrogens with zero attached hydrogens (tertiary/aromatic N) is 4. The van der Waals surface area contributed by atoms with Crippen molar-refractivity contribution in [2.45, 2.75) is 43.3 Å². The van der Waals surface area contributed by atoms with Crippen LogP contribution in [0.25, 0.3) is 5.00 Å². The zero-order valence-electron chi connectivity index (χ0n) is 16.0. The monoisotopic (exact) mass is 444 g/mol. The maximum atomic E-state index is 6.02. The van der Waals surface area contributed by atoms with Crippen LogP contribution in [0.2, 0.25) is 5.02 Å². The lowest BCUT2D eigenvalue weighted by Crippen LogP contribution is -2.39. The van der Waals surface area contributed by atoms with Crippen molar-refractivity contribution in [3.63, 3.8) is 0 Å². The lowest BCUT2D eigenvalue weighted by Gasteiger charge is -2.31. The average Bonchev–Trinajstić information content (AvgIpc) is 3.43. The number of fused-ring (bicyclic) bond motifs is 8. The summed E-state index contributed by atoms with van der Waals surface area (Å²) in [5.74, 6) is 2.45. The summed E-state index contributed by atoms with van der Waals surface area (Å²) < 4.78 is 2.25. The summed E-state index contributed by atoms with van der Waals surface area (Å²) in [4.78, 5) is 1.54. The minimum atomic E-state index is 0.140. The molecule has 0 bridgehead atoms. The summed E-state index contributed by atoms with van der Waals surface area (Å²) in [6.45, 7) is 3.11. The molecule has 0 saturated carbocycles. The maximum absolute atomic E-state index is 6.02. The zero-order chi connectivity index (χ0) is 19.5. The highest BCUT2D eigenvalue weighted by atomic mass is 35.5. The van der Waals surface area contributed by atoms with Crippen LogP contribution in [-0.4, -0.2) is 21.4 Å². The van der Waals surface area contributed by atoms with Crippen molar-refractivity contribution < 1.29 is 0 Å². The van der Waals surface area contributed by atoms with E-state index in [9.17, 15) is 0 Å². The molecular formula is C20H21ClN6S2. The van der Waals surface area contributed by atoms with Gasteiger partial charge in [0.2, 0.25) is 5.95 Å². The van der Waals surface area contributed by atoms with Crippen LogP contribution < -0.4 is 15.8 Å². The summed E-state index contributed by atoms with van der Waals surface area (Å²) in [6.07, 6.45) is 3.76. The molecule has 9 heteroatoms. The number of rotatable bonds is 3. The molecule has 2 atom stereocenters. The lowest BCUT2D eigenvalue weighted by molar-refractivity contribution is 0.495. The minimum Gasteiger partial charge on any atom is -0.278 e. The number of aromatic nitrogens is 3. The second-order valence-electron chi connectivity index (χ2n) is 7.92. The van der Waals surface area contributed by atoms with E-state index in [4.69, 9.17) is 11.6 Å². The molecule has 1 aromatic carbocycles. The molecule has 1 saturated heterocycles. The van der Waals surface area contributed by atoms with E-state index in [-0.39, 0.29) is 6.17 Å². The standard InChI is InChI=1S/C20H21ClN6S2/c1-11-2-7-15-14(8-11)16-17-22-10-23-27(17)19-24-25-20(26(19)18(16)29-15)28-9-12-3-5-13(21)6-4-12/h3-6,11,17,22-23H,2,7-10H2,1H3/t11-,17?/m0/s1. The molecule has 6 nitrogen and oxygen atoms in total. The van der Waals surface area contributed by atoms with E-state index < -0.39 is 0 Å². The predicted octanol–water partition coefficient (Wildman–Crippen LogP) is 4.28. The highest BCUT2D eigenvalue weighted by Crippen LogP contribution is 2.48. The van der Waals surface area contributed by atoms with Crippen LogP contribution in [0, 0.1) is 5.92 Å². The quantitative estimate of drug-likeness (QED) is 0.588. The van der Waals surface area contributed by atoms with Crippen molar-refractivity contribution in [1.82, 2.24) is 25.5 Å². The van der Waals surface area contributed by atoms with E-state index in [0.717, 1.165) is 40.9 Å². The Bertz CT molecular complexity index is 1080. The molecule has 0 spiro atoms. The number of aryl methyl sites for hydroxylation is 1. The SMILES string of the molecule is C[C@H]1CCc2sc3c(c2C1)C1NCNN1c1nnc(SCc2ccc(Cl)cc2)n1-3. The number of hydrogen-bond acceptors (Lipinski definition) is 7. The third-order valence-electron chi connectivity index (χ3n) is 5.92. The Morgan fingerprint density at radius 3 is 3.00 bits per heavy atom. The van der Waals surface area contributed by atoms with E-state index in [1.54, 1.807) is 17.3 Å². The molecule has 0 radical (unpaired) electrons. The van der Waals surface area contributed by atoms with Crippen LogP contribution in [0.1, 0.15) is 41.1 Å².